The van der Waals surface area contributed by atoms with E-state index in [2.05, 4.69) is 37.2 Å². The molecule has 1 fully saturated rings. The molecule has 8 heteroatoms. The third-order valence-corrected chi connectivity index (χ3v) is 4.16. The maximum atomic E-state index is 13.9. The Labute approximate surface area is 143 Å². The molecular weight excluding hydrogens is 425 g/mol. The predicted octanol–water partition coefficient (Wildman–Crippen LogP) is 3.79. The van der Waals surface area contributed by atoms with Crippen LogP contribution in [-0.2, 0) is 19.1 Å². The van der Waals surface area contributed by atoms with Gasteiger partial charge in [-0.1, -0.05) is 0 Å². The summed E-state index contributed by atoms with van der Waals surface area (Å²) in [5, 5.41) is 2.74. The summed E-state index contributed by atoms with van der Waals surface area (Å²) in [6.07, 6.45) is 1.14. The van der Waals surface area contributed by atoms with Gasteiger partial charge in [0.2, 0.25) is 0 Å². The second-order valence-corrected chi connectivity index (χ2v) is 6.71. The highest BCUT2D eigenvalue weighted by Crippen LogP contribution is 2.34. The number of carbonyl (C=O) groups excluding carboxylic acids is 2. The summed E-state index contributed by atoms with van der Waals surface area (Å²) in [6, 6.07) is 1.57. The molecule has 0 saturated carbocycles. The van der Waals surface area contributed by atoms with Gasteiger partial charge in [0.05, 0.1) is 14.6 Å². The average Bonchev–Trinajstić information content (AvgIpc) is 2.37. The van der Waals surface area contributed by atoms with E-state index in [1.807, 2.05) is 0 Å². The molecule has 0 radical (unpaired) electrons. The van der Waals surface area contributed by atoms with Crippen LogP contribution < -0.4 is 5.32 Å². The Bertz CT molecular complexity index is 679. The van der Waals surface area contributed by atoms with Gasteiger partial charge in [0.1, 0.15) is 0 Å². The molecule has 0 aliphatic carbocycles. The molecule has 0 atom stereocenters. The quantitative estimate of drug-likeness (QED) is 0.330. The molecule has 1 N–H and O–H groups in total. The fourth-order valence-corrected chi connectivity index (χ4v) is 3.26. The molecule has 118 valence electrons. The molecule has 1 aromatic carbocycles. The third-order valence-electron chi connectivity index (χ3n) is 2.84. The second-order valence-electron chi connectivity index (χ2n) is 5.06. The molecule has 5 nitrogen and oxygen atoms in total. The first-order chi connectivity index (χ1) is 10.1. The van der Waals surface area contributed by atoms with Crippen LogP contribution in [0, 0.1) is 12.7 Å². The van der Waals surface area contributed by atoms with Crippen LogP contribution in [0.1, 0.15) is 19.4 Å². The standard InChI is InChI=1S/C14H12Br2FNO4/c1-6-4-8(15)10(17)9(16)11(6)18-5-7-12(19)21-14(2,3)22-13(7)20/h4-5,18H,1-3H3. The van der Waals surface area contributed by atoms with Crippen molar-refractivity contribution >= 4 is 49.5 Å². The lowest BCUT2D eigenvalue weighted by Gasteiger charge is -2.29. The van der Waals surface area contributed by atoms with E-state index < -0.39 is 23.5 Å². The van der Waals surface area contributed by atoms with Gasteiger partial charge in [-0.25, -0.2) is 14.0 Å². The van der Waals surface area contributed by atoms with Crippen molar-refractivity contribution in [2.75, 3.05) is 5.32 Å². The fourth-order valence-electron chi connectivity index (χ4n) is 1.81. The van der Waals surface area contributed by atoms with Gasteiger partial charge in [0.15, 0.2) is 11.4 Å². The van der Waals surface area contributed by atoms with Crippen molar-refractivity contribution in [2.45, 2.75) is 26.6 Å². The summed E-state index contributed by atoms with van der Waals surface area (Å²) in [7, 11) is 0. The first-order valence-electron chi connectivity index (χ1n) is 6.20. The van der Waals surface area contributed by atoms with Gasteiger partial charge < -0.3 is 14.8 Å². The molecule has 0 amide bonds. The number of carbonyl (C=O) groups is 2. The first-order valence-corrected chi connectivity index (χ1v) is 7.78. The molecule has 1 aliphatic heterocycles. The van der Waals surface area contributed by atoms with Crippen LogP contribution in [0.25, 0.3) is 0 Å². The number of halogens is 3. The lowest BCUT2D eigenvalue weighted by Crippen LogP contribution is -2.42. The summed E-state index contributed by atoms with van der Waals surface area (Å²) in [5.74, 6) is -3.41. The highest BCUT2D eigenvalue weighted by molar-refractivity contribution is 9.11. The molecule has 1 saturated heterocycles. The molecular formula is C14H12Br2FNO4. The van der Waals surface area contributed by atoms with Crippen molar-refractivity contribution in [3.63, 3.8) is 0 Å². The van der Waals surface area contributed by atoms with Crippen LogP contribution in [0.4, 0.5) is 10.1 Å². The Kier molecular flexibility index (Phi) is 4.62. The Morgan fingerprint density at radius 1 is 1.23 bits per heavy atom. The maximum Gasteiger partial charge on any atom is 0.350 e. The van der Waals surface area contributed by atoms with Crippen LogP contribution in [0.15, 0.2) is 26.8 Å². The number of cyclic esters (lactones) is 2. The van der Waals surface area contributed by atoms with E-state index in [1.54, 1.807) is 13.0 Å². The van der Waals surface area contributed by atoms with Crippen LogP contribution in [-0.4, -0.2) is 17.7 Å². The highest BCUT2D eigenvalue weighted by Gasteiger charge is 2.39. The van der Waals surface area contributed by atoms with E-state index in [9.17, 15) is 14.0 Å². The number of benzene rings is 1. The number of ether oxygens (including phenoxy) is 2. The lowest BCUT2D eigenvalue weighted by atomic mass is 10.2. The van der Waals surface area contributed by atoms with Gasteiger partial charge in [-0.05, 0) is 50.4 Å². The summed E-state index contributed by atoms with van der Waals surface area (Å²) in [6.45, 7) is 4.66. The minimum absolute atomic E-state index is 0.175. The van der Waals surface area contributed by atoms with Crippen molar-refractivity contribution in [1.82, 2.24) is 0 Å². The van der Waals surface area contributed by atoms with Gasteiger partial charge in [0, 0.05) is 20.0 Å². The van der Waals surface area contributed by atoms with E-state index >= 15 is 0 Å². The van der Waals surface area contributed by atoms with E-state index in [4.69, 9.17) is 9.47 Å². The molecule has 1 heterocycles. The van der Waals surface area contributed by atoms with Crippen LogP contribution in [0.2, 0.25) is 0 Å². The largest absolute Gasteiger partial charge is 0.419 e. The number of esters is 2. The van der Waals surface area contributed by atoms with Gasteiger partial charge in [-0.15, -0.1) is 0 Å². The van der Waals surface area contributed by atoms with Crippen LogP contribution in [0.5, 0.6) is 0 Å². The van der Waals surface area contributed by atoms with E-state index in [-0.39, 0.29) is 10.0 Å². The van der Waals surface area contributed by atoms with Crippen molar-refractivity contribution in [3.8, 4) is 0 Å². The van der Waals surface area contributed by atoms with E-state index in [0.717, 1.165) is 6.20 Å². The first kappa shape index (κ1) is 17.0. The number of hydrogen-bond donors (Lipinski definition) is 1. The van der Waals surface area contributed by atoms with E-state index in [1.165, 1.54) is 13.8 Å². The molecule has 1 aromatic rings. The van der Waals surface area contributed by atoms with Gasteiger partial charge >= 0.3 is 11.9 Å². The van der Waals surface area contributed by atoms with Gasteiger partial charge in [-0.3, -0.25) is 0 Å². The zero-order valence-electron chi connectivity index (χ0n) is 11.9. The number of nitrogens with one attached hydrogen (secondary N) is 1. The van der Waals surface area contributed by atoms with Crippen molar-refractivity contribution in [1.29, 1.82) is 0 Å². The molecule has 0 aromatic heterocycles. The Morgan fingerprint density at radius 2 is 1.77 bits per heavy atom. The molecule has 1 aliphatic rings. The van der Waals surface area contributed by atoms with Crippen molar-refractivity contribution in [3.05, 3.63) is 38.2 Å². The molecule has 0 bridgehead atoms. The Balaban J connectivity index is 2.32. The van der Waals surface area contributed by atoms with Crippen molar-refractivity contribution in [2.24, 2.45) is 0 Å². The minimum atomic E-state index is -1.30. The summed E-state index contributed by atoms with van der Waals surface area (Å²) < 4.78 is 24.3. The molecule has 0 spiro atoms. The average molecular weight is 437 g/mol. The monoisotopic (exact) mass is 435 g/mol. The predicted molar refractivity (Wildman–Crippen MR) is 84.5 cm³/mol. The normalized spacial score (nSPS) is 16.9. The zero-order valence-corrected chi connectivity index (χ0v) is 15.1. The van der Waals surface area contributed by atoms with Crippen LogP contribution in [0.3, 0.4) is 0 Å². The number of aryl methyl sites for hydroxylation is 1. The summed E-state index contributed by atoms with van der Waals surface area (Å²) >= 11 is 6.22. The molecule has 22 heavy (non-hydrogen) atoms. The maximum absolute atomic E-state index is 13.9. The minimum Gasteiger partial charge on any atom is -0.419 e. The van der Waals surface area contributed by atoms with E-state index in [0.29, 0.717) is 15.7 Å². The summed E-state index contributed by atoms with van der Waals surface area (Å²) in [5.41, 5.74) is 0.794. The Hall–Kier alpha value is -1.41. The smallest absolute Gasteiger partial charge is 0.350 e. The number of anilines is 1. The molecule has 2 rings (SSSR count). The lowest BCUT2D eigenvalue weighted by molar-refractivity contribution is -0.222. The Morgan fingerprint density at radius 3 is 2.32 bits per heavy atom. The zero-order chi connectivity index (χ0) is 16.7. The number of hydrogen-bond acceptors (Lipinski definition) is 5. The van der Waals surface area contributed by atoms with Crippen LogP contribution >= 0.6 is 31.9 Å². The fraction of sp³-hybridized carbons (Fsp3) is 0.286. The summed E-state index contributed by atoms with van der Waals surface area (Å²) in [4.78, 5) is 23.6. The van der Waals surface area contributed by atoms with Crippen molar-refractivity contribution < 1.29 is 23.5 Å². The molecule has 0 unspecified atom stereocenters. The number of rotatable bonds is 2. The SMILES string of the molecule is Cc1cc(Br)c(F)c(Br)c1NC=C1C(=O)OC(C)(C)OC1=O. The van der Waals surface area contributed by atoms with Gasteiger partial charge in [0.25, 0.3) is 5.79 Å². The topological polar surface area (TPSA) is 64.6 Å². The highest BCUT2D eigenvalue weighted by atomic mass is 79.9. The van der Waals surface area contributed by atoms with Gasteiger partial charge in [-0.2, -0.15) is 0 Å². The second kappa shape index (κ2) is 6.00. The third kappa shape index (κ3) is 3.33.